The van der Waals surface area contributed by atoms with Crippen LogP contribution in [0.2, 0.25) is 5.02 Å². The predicted octanol–water partition coefficient (Wildman–Crippen LogP) is 2.27. The minimum absolute atomic E-state index is 0.0512. The first-order valence-electron chi connectivity index (χ1n) is 5.93. The fraction of sp³-hybridized carbons (Fsp3) is 0.538. The first-order valence-corrected chi connectivity index (χ1v) is 6.31. The number of nitrogens with one attached hydrogen (secondary N) is 1. The Kier molecular flexibility index (Phi) is 5.75. The van der Waals surface area contributed by atoms with Crippen molar-refractivity contribution in [3.63, 3.8) is 0 Å². The van der Waals surface area contributed by atoms with Gasteiger partial charge in [0, 0.05) is 19.6 Å². The first kappa shape index (κ1) is 14.3. The molecule has 1 aromatic carbocycles. The molecule has 1 aromatic rings. The number of benzene rings is 1. The van der Waals surface area contributed by atoms with E-state index in [1.165, 1.54) is 0 Å². The van der Waals surface area contributed by atoms with Crippen molar-refractivity contribution in [2.24, 2.45) is 0 Å². The van der Waals surface area contributed by atoms with Crippen molar-refractivity contribution in [1.82, 2.24) is 5.32 Å². The third-order valence-electron chi connectivity index (χ3n) is 2.91. The van der Waals surface area contributed by atoms with Crippen LogP contribution in [0.25, 0.3) is 0 Å². The van der Waals surface area contributed by atoms with E-state index in [2.05, 4.69) is 18.3 Å². The lowest BCUT2D eigenvalue weighted by Crippen LogP contribution is -2.33. The SMILES string of the molecule is CCNCc1cccc(Cl)c1N(C)C(C)CO. The zero-order valence-electron chi connectivity index (χ0n) is 10.7. The van der Waals surface area contributed by atoms with Gasteiger partial charge in [0.1, 0.15) is 0 Å². The summed E-state index contributed by atoms with van der Waals surface area (Å²) in [7, 11) is 1.96. The van der Waals surface area contributed by atoms with Crippen LogP contribution in [0.15, 0.2) is 18.2 Å². The molecule has 0 aromatic heterocycles. The van der Waals surface area contributed by atoms with Crippen molar-refractivity contribution in [3.05, 3.63) is 28.8 Å². The van der Waals surface area contributed by atoms with E-state index in [1.807, 2.05) is 31.0 Å². The van der Waals surface area contributed by atoms with Gasteiger partial charge in [0.15, 0.2) is 0 Å². The van der Waals surface area contributed by atoms with Crippen LogP contribution >= 0.6 is 11.6 Å². The second-order valence-corrected chi connectivity index (χ2v) is 4.58. The summed E-state index contributed by atoms with van der Waals surface area (Å²) in [5.41, 5.74) is 2.15. The number of aliphatic hydroxyl groups excluding tert-OH is 1. The number of rotatable bonds is 6. The van der Waals surface area contributed by atoms with Crippen LogP contribution in [0.1, 0.15) is 19.4 Å². The van der Waals surface area contributed by atoms with E-state index in [-0.39, 0.29) is 12.6 Å². The van der Waals surface area contributed by atoms with Gasteiger partial charge in [-0.15, -0.1) is 0 Å². The highest BCUT2D eigenvalue weighted by Crippen LogP contribution is 2.30. The van der Waals surface area contributed by atoms with Crippen molar-refractivity contribution in [2.45, 2.75) is 26.4 Å². The molecule has 0 heterocycles. The van der Waals surface area contributed by atoms with E-state index in [0.717, 1.165) is 29.4 Å². The molecule has 0 aliphatic carbocycles. The van der Waals surface area contributed by atoms with Gasteiger partial charge in [-0.3, -0.25) is 0 Å². The summed E-state index contributed by atoms with van der Waals surface area (Å²) in [6.45, 7) is 5.87. The normalized spacial score (nSPS) is 12.5. The Bertz CT molecular complexity index is 357. The topological polar surface area (TPSA) is 35.5 Å². The Balaban J connectivity index is 3.02. The van der Waals surface area contributed by atoms with E-state index in [1.54, 1.807) is 0 Å². The molecular formula is C13H21ClN2O. The van der Waals surface area contributed by atoms with Crippen LogP contribution in [-0.4, -0.2) is 31.3 Å². The number of nitrogens with zero attached hydrogens (tertiary/aromatic N) is 1. The van der Waals surface area contributed by atoms with E-state index in [4.69, 9.17) is 11.6 Å². The van der Waals surface area contributed by atoms with E-state index in [9.17, 15) is 5.11 Å². The molecule has 0 saturated heterocycles. The molecule has 0 radical (unpaired) electrons. The average Bonchev–Trinajstić information content (AvgIpc) is 2.34. The summed E-state index contributed by atoms with van der Waals surface area (Å²) in [5, 5.41) is 13.2. The number of hydrogen-bond acceptors (Lipinski definition) is 3. The molecule has 0 fully saturated rings. The summed E-state index contributed by atoms with van der Waals surface area (Å²) >= 11 is 6.25. The van der Waals surface area contributed by atoms with Crippen LogP contribution < -0.4 is 10.2 Å². The summed E-state index contributed by atoms with van der Waals surface area (Å²) in [5.74, 6) is 0. The van der Waals surface area contributed by atoms with Crippen molar-refractivity contribution in [1.29, 1.82) is 0 Å². The summed E-state index contributed by atoms with van der Waals surface area (Å²) in [4.78, 5) is 2.02. The van der Waals surface area contributed by atoms with E-state index >= 15 is 0 Å². The molecule has 17 heavy (non-hydrogen) atoms. The Morgan fingerprint density at radius 1 is 1.47 bits per heavy atom. The number of anilines is 1. The number of para-hydroxylation sites is 1. The zero-order valence-corrected chi connectivity index (χ0v) is 11.5. The summed E-state index contributed by atoms with van der Waals surface area (Å²) < 4.78 is 0. The van der Waals surface area contributed by atoms with E-state index in [0.29, 0.717) is 0 Å². The maximum Gasteiger partial charge on any atom is 0.0642 e. The van der Waals surface area contributed by atoms with Gasteiger partial charge in [0.25, 0.3) is 0 Å². The van der Waals surface area contributed by atoms with Crippen molar-refractivity contribution in [2.75, 3.05) is 25.1 Å². The third kappa shape index (κ3) is 3.60. The molecule has 0 amide bonds. The van der Waals surface area contributed by atoms with Crippen molar-refractivity contribution in [3.8, 4) is 0 Å². The van der Waals surface area contributed by atoms with Crippen LogP contribution in [0.3, 0.4) is 0 Å². The quantitative estimate of drug-likeness (QED) is 0.820. The molecule has 3 nitrogen and oxygen atoms in total. The first-order chi connectivity index (χ1) is 8.11. The van der Waals surface area contributed by atoms with E-state index < -0.39 is 0 Å². The molecule has 1 rings (SSSR count). The number of halogens is 1. The molecule has 0 aliphatic heterocycles. The standard InChI is InChI=1S/C13H21ClN2O/c1-4-15-8-11-6-5-7-12(14)13(11)16(3)10(2)9-17/h5-7,10,15,17H,4,8-9H2,1-3H3. The Morgan fingerprint density at radius 3 is 2.76 bits per heavy atom. The maximum absolute atomic E-state index is 9.22. The number of hydrogen-bond donors (Lipinski definition) is 2. The molecule has 0 aliphatic rings. The van der Waals surface area contributed by atoms with Crippen LogP contribution in [0.5, 0.6) is 0 Å². The largest absolute Gasteiger partial charge is 0.394 e. The van der Waals surface area contributed by atoms with Gasteiger partial charge in [-0.05, 0) is 25.1 Å². The minimum Gasteiger partial charge on any atom is -0.394 e. The Labute approximate surface area is 108 Å². The zero-order chi connectivity index (χ0) is 12.8. The third-order valence-corrected chi connectivity index (χ3v) is 3.22. The molecule has 2 N–H and O–H groups in total. The monoisotopic (exact) mass is 256 g/mol. The fourth-order valence-electron chi connectivity index (χ4n) is 1.70. The van der Waals surface area contributed by atoms with Gasteiger partial charge in [0.2, 0.25) is 0 Å². The van der Waals surface area contributed by atoms with Crippen LogP contribution in [0.4, 0.5) is 5.69 Å². The average molecular weight is 257 g/mol. The Morgan fingerprint density at radius 2 is 2.18 bits per heavy atom. The lowest BCUT2D eigenvalue weighted by Gasteiger charge is -2.28. The Hall–Kier alpha value is -0.770. The highest BCUT2D eigenvalue weighted by molar-refractivity contribution is 6.33. The van der Waals surface area contributed by atoms with Crippen molar-refractivity contribution >= 4 is 17.3 Å². The molecule has 0 saturated carbocycles. The van der Waals surface area contributed by atoms with Crippen LogP contribution in [0, 0.1) is 0 Å². The van der Waals surface area contributed by atoms with Gasteiger partial charge in [-0.2, -0.15) is 0 Å². The predicted molar refractivity (Wildman–Crippen MR) is 73.8 cm³/mol. The van der Waals surface area contributed by atoms with Crippen LogP contribution in [-0.2, 0) is 6.54 Å². The molecule has 1 atom stereocenters. The van der Waals surface area contributed by atoms with Gasteiger partial charge in [0.05, 0.1) is 17.3 Å². The highest BCUT2D eigenvalue weighted by Gasteiger charge is 2.15. The molecule has 4 heteroatoms. The molecule has 0 spiro atoms. The van der Waals surface area contributed by atoms with Gasteiger partial charge in [-0.1, -0.05) is 30.7 Å². The molecule has 96 valence electrons. The number of aliphatic hydroxyl groups is 1. The van der Waals surface area contributed by atoms with Crippen molar-refractivity contribution < 1.29 is 5.11 Å². The second-order valence-electron chi connectivity index (χ2n) is 4.17. The molecular weight excluding hydrogens is 236 g/mol. The molecule has 0 bridgehead atoms. The summed E-state index contributed by atoms with van der Waals surface area (Å²) in [6, 6.07) is 5.95. The highest BCUT2D eigenvalue weighted by atomic mass is 35.5. The lowest BCUT2D eigenvalue weighted by molar-refractivity contribution is 0.270. The number of likely N-dealkylation sites (N-methyl/N-ethyl adjacent to an activating group) is 1. The minimum atomic E-state index is 0.0512. The lowest BCUT2D eigenvalue weighted by atomic mass is 10.1. The van der Waals surface area contributed by atoms with Gasteiger partial charge in [-0.25, -0.2) is 0 Å². The van der Waals surface area contributed by atoms with Gasteiger partial charge < -0.3 is 15.3 Å². The smallest absolute Gasteiger partial charge is 0.0642 e. The maximum atomic E-state index is 9.22. The van der Waals surface area contributed by atoms with Gasteiger partial charge >= 0.3 is 0 Å². The fourth-order valence-corrected chi connectivity index (χ4v) is 2.03. The second kappa shape index (κ2) is 6.84. The molecule has 1 unspecified atom stereocenters. The summed E-state index contributed by atoms with van der Waals surface area (Å²) in [6.07, 6.45) is 0.